The Morgan fingerprint density at radius 1 is 1.37 bits per heavy atom. The van der Waals surface area contributed by atoms with Crippen molar-refractivity contribution in [1.82, 2.24) is 0 Å². The molecule has 0 fully saturated rings. The van der Waals surface area contributed by atoms with E-state index in [2.05, 4.69) is 5.32 Å². The zero-order valence-corrected chi connectivity index (χ0v) is 11.0. The van der Waals surface area contributed by atoms with Gasteiger partial charge in [-0.3, -0.25) is 9.00 Å². The van der Waals surface area contributed by atoms with Gasteiger partial charge in [0.2, 0.25) is 0 Å². The molecule has 0 aliphatic rings. The first kappa shape index (κ1) is 13.7. The van der Waals surface area contributed by atoms with E-state index in [4.69, 9.17) is 0 Å². The molecule has 0 saturated carbocycles. The number of rotatable bonds is 4. The van der Waals surface area contributed by atoms with Crippen LogP contribution < -0.4 is 10.0 Å². The normalized spacial score (nSPS) is 11.9. The van der Waals surface area contributed by atoms with E-state index in [1.165, 1.54) is 17.4 Å². The van der Waals surface area contributed by atoms with Crippen LogP contribution in [0.25, 0.3) is 0 Å². The molecule has 1 aromatic heterocycles. The third-order valence-electron chi connectivity index (χ3n) is 2.20. The Morgan fingerprint density at radius 2 is 2.16 bits per heavy atom. The van der Waals surface area contributed by atoms with Gasteiger partial charge in [0.05, 0.1) is 16.9 Å². The van der Waals surface area contributed by atoms with E-state index in [0.717, 1.165) is 12.1 Å². The monoisotopic (exact) mass is 299 g/mol. The first-order valence-corrected chi connectivity index (χ1v) is 7.07. The van der Waals surface area contributed by atoms with Gasteiger partial charge in [-0.25, -0.2) is 4.39 Å². The van der Waals surface area contributed by atoms with Crippen LogP contribution in [0.4, 0.5) is 15.8 Å². The number of hydrogen-bond acceptors (Lipinski definition) is 4. The molecule has 2 aromatic rings. The smallest absolute Gasteiger partial charge is 0.257 e. The molecule has 1 atom stereocenters. The van der Waals surface area contributed by atoms with E-state index < -0.39 is 23.0 Å². The third kappa shape index (κ3) is 3.60. The minimum Gasteiger partial charge on any atom is -0.755 e. The van der Waals surface area contributed by atoms with E-state index in [1.807, 2.05) is 4.72 Å². The molecule has 8 heteroatoms. The van der Waals surface area contributed by atoms with Crippen molar-refractivity contribution >= 4 is 39.9 Å². The summed E-state index contributed by atoms with van der Waals surface area (Å²) in [6, 6.07) is 4.94. The Morgan fingerprint density at radius 3 is 2.79 bits per heavy atom. The molecule has 0 spiro atoms. The molecular weight excluding hydrogens is 291 g/mol. The molecule has 1 amide bonds. The number of anilines is 2. The lowest BCUT2D eigenvalue weighted by Crippen LogP contribution is -2.15. The first-order valence-electron chi connectivity index (χ1n) is 5.05. The quantitative estimate of drug-likeness (QED) is 0.850. The van der Waals surface area contributed by atoms with Crippen LogP contribution in [0.1, 0.15) is 10.4 Å². The van der Waals surface area contributed by atoms with Gasteiger partial charge in [0.1, 0.15) is 5.82 Å². The molecule has 1 unspecified atom stereocenters. The minimum atomic E-state index is -2.63. The van der Waals surface area contributed by atoms with Crippen molar-refractivity contribution in [1.29, 1.82) is 0 Å². The summed E-state index contributed by atoms with van der Waals surface area (Å²) in [5, 5.41) is 6.09. The Kier molecular flexibility index (Phi) is 4.25. The summed E-state index contributed by atoms with van der Waals surface area (Å²) in [7, 11) is 0. The lowest BCUT2D eigenvalue weighted by Gasteiger charge is -2.13. The maximum Gasteiger partial charge on any atom is 0.257 e. The van der Waals surface area contributed by atoms with E-state index in [1.54, 1.807) is 16.8 Å². The maximum absolute atomic E-state index is 13.1. The Balaban J connectivity index is 2.27. The highest BCUT2D eigenvalue weighted by Gasteiger charge is 2.13. The molecule has 1 aromatic carbocycles. The van der Waals surface area contributed by atoms with Gasteiger partial charge in [0.15, 0.2) is 0 Å². The Bertz CT molecular complexity index is 616. The fraction of sp³-hybridized carbons (Fsp3) is 0. The molecule has 0 bridgehead atoms. The van der Waals surface area contributed by atoms with E-state index in [9.17, 15) is 17.9 Å². The number of thiophene rings is 1. The number of hydrogen-bond donors (Lipinski definition) is 2. The molecule has 0 radical (unpaired) electrons. The van der Waals surface area contributed by atoms with Crippen molar-refractivity contribution in [2.75, 3.05) is 10.0 Å². The molecule has 0 aliphatic carbocycles. The van der Waals surface area contributed by atoms with E-state index in [0.29, 0.717) is 5.69 Å². The molecule has 0 aliphatic heterocycles. The van der Waals surface area contributed by atoms with Gasteiger partial charge in [0.25, 0.3) is 5.91 Å². The summed E-state index contributed by atoms with van der Waals surface area (Å²) in [6.45, 7) is 0. The molecular formula is C11H8FN2O3S2-. The van der Waals surface area contributed by atoms with Gasteiger partial charge >= 0.3 is 0 Å². The zero-order valence-electron chi connectivity index (χ0n) is 9.38. The van der Waals surface area contributed by atoms with Crippen LogP contribution in [0.2, 0.25) is 0 Å². The number of nitrogens with one attached hydrogen (secondary N) is 2. The largest absolute Gasteiger partial charge is 0.755 e. The lowest BCUT2D eigenvalue weighted by molar-refractivity contribution is 0.102. The topological polar surface area (TPSA) is 81.3 Å². The Hall–Kier alpha value is -1.77. The van der Waals surface area contributed by atoms with Crippen LogP contribution in [0, 0.1) is 5.82 Å². The van der Waals surface area contributed by atoms with Crippen LogP contribution >= 0.6 is 11.3 Å². The first-order chi connectivity index (χ1) is 9.06. The van der Waals surface area contributed by atoms with Gasteiger partial charge in [-0.1, -0.05) is 0 Å². The van der Waals surface area contributed by atoms with Gasteiger partial charge in [0, 0.05) is 16.6 Å². The molecule has 5 nitrogen and oxygen atoms in total. The van der Waals surface area contributed by atoms with E-state index in [-0.39, 0.29) is 11.3 Å². The van der Waals surface area contributed by atoms with Crippen molar-refractivity contribution in [3.63, 3.8) is 0 Å². The molecule has 2 N–H and O–H groups in total. The van der Waals surface area contributed by atoms with Crippen LogP contribution in [-0.2, 0) is 11.3 Å². The summed E-state index contributed by atoms with van der Waals surface area (Å²) < 4.78 is 36.3. The van der Waals surface area contributed by atoms with E-state index >= 15 is 0 Å². The summed E-state index contributed by atoms with van der Waals surface area (Å²) in [5.41, 5.74) is 0.520. The van der Waals surface area contributed by atoms with Gasteiger partial charge in [-0.2, -0.15) is 11.3 Å². The molecule has 0 saturated heterocycles. The second-order valence-corrected chi connectivity index (χ2v) is 4.95. The second-order valence-electron chi connectivity index (χ2n) is 3.49. The highest BCUT2D eigenvalue weighted by molar-refractivity contribution is 7.80. The maximum atomic E-state index is 13.1. The fourth-order valence-electron chi connectivity index (χ4n) is 1.42. The van der Waals surface area contributed by atoms with Crippen LogP contribution in [0.15, 0.2) is 35.0 Å². The zero-order chi connectivity index (χ0) is 13.8. The number of amides is 1. The van der Waals surface area contributed by atoms with Crippen LogP contribution in [0.3, 0.4) is 0 Å². The minimum absolute atomic E-state index is 0.0387. The van der Waals surface area contributed by atoms with Crippen molar-refractivity contribution in [2.45, 2.75) is 0 Å². The summed E-state index contributed by atoms with van der Waals surface area (Å²) in [5.74, 6) is -1.16. The molecule has 19 heavy (non-hydrogen) atoms. The van der Waals surface area contributed by atoms with Crippen molar-refractivity contribution in [3.05, 3.63) is 46.4 Å². The molecule has 100 valence electrons. The van der Waals surface area contributed by atoms with Crippen molar-refractivity contribution in [3.8, 4) is 0 Å². The summed E-state index contributed by atoms with van der Waals surface area (Å²) in [6.07, 6.45) is 0. The van der Waals surface area contributed by atoms with Crippen LogP contribution in [-0.4, -0.2) is 14.7 Å². The predicted octanol–water partition coefficient (Wildman–Crippen LogP) is 2.35. The second kappa shape index (κ2) is 5.91. The van der Waals surface area contributed by atoms with Gasteiger partial charge in [-0.15, -0.1) is 0 Å². The lowest BCUT2D eigenvalue weighted by atomic mass is 10.1. The number of benzene rings is 1. The Labute approximate surface area is 114 Å². The summed E-state index contributed by atoms with van der Waals surface area (Å²) >= 11 is -1.23. The highest BCUT2D eigenvalue weighted by atomic mass is 32.2. The third-order valence-corrected chi connectivity index (χ3v) is 3.27. The van der Waals surface area contributed by atoms with Crippen LogP contribution in [0.5, 0.6) is 0 Å². The molecule has 2 rings (SSSR count). The number of carbonyl (C=O) groups is 1. The number of carbonyl (C=O) groups excluding carboxylic acids is 1. The summed E-state index contributed by atoms with van der Waals surface area (Å²) in [4.78, 5) is 12.0. The van der Waals surface area contributed by atoms with Gasteiger partial charge in [-0.05, 0) is 29.6 Å². The average Bonchev–Trinajstić information content (AvgIpc) is 2.80. The predicted molar refractivity (Wildman–Crippen MR) is 71.2 cm³/mol. The average molecular weight is 299 g/mol. The molecule has 1 heterocycles. The highest BCUT2D eigenvalue weighted by Crippen LogP contribution is 2.20. The SMILES string of the molecule is O=C(Nc1ccsc1)c1ccc(F)cc1NS(=O)[O-]. The van der Waals surface area contributed by atoms with Crippen molar-refractivity contribution in [2.24, 2.45) is 0 Å². The standard InChI is InChI=1S/C11H9FN2O3S2/c12-7-1-2-9(10(5-7)14-19(16)17)11(15)13-8-3-4-18-6-8/h1-6,14H,(H,13,15)(H,16,17)/p-1. The number of halogens is 1. The fourth-order valence-corrected chi connectivity index (χ4v) is 2.36. The van der Waals surface area contributed by atoms with Crippen molar-refractivity contribution < 1.29 is 17.9 Å². The van der Waals surface area contributed by atoms with Gasteiger partial charge < -0.3 is 14.6 Å².